The van der Waals surface area contributed by atoms with Crippen molar-refractivity contribution in [3.05, 3.63) is 24.3 Å². The van der Waals surface area contributed by atoms with E-state index in [1.165, 1.54) is 11.4 Å². The number of para-hydroxylation sites is 2. The van der Waals surface area contributed by atoms with Gasteiger partial charge in [-0.25, -0.2) is 0 Å². The highest BCUT2D eigenvalue weighted by Crippen LogP contribution is 2.42. The number of carboxylic acid groups (broad SMARTS) is 1. The minimum Gasteiger partial charge on any atom is -0.481 e. The van der Waals surface area contributed by atoms with Gasteiger partial charge in [0.15, 0.2) is 0 Å². The Morgan fingerprint density at radius 3 is 2.50 bits per heavy atom. The molecule has 0 unspecified atom stereocenters. The molecule has 0 spiro atoms. The number of likely N-dealkylation sites (N-methyl/N-ethyl adjacent to an activating group) is 1. The van der Waals surface area contributed by atoms with E-state index in [0.29, 0.717) is 6.54 Å². The third kappa shape index (κ3) is 2.13. The maximum absolute atomic E-state index is 11.7. The summed E-state index contributed by atoms with van der Waals surface area (Å²) in [6, 6.07) is 8.30. The van der Waals surface area contributed by atoms with Crippen LogP contribution >= 0.6 is 0 Å². The van der Waals surface area contributed by atoms with Crippen LogP contribution in [-0.2, 0) is 4.79 Å². The molecule has 0 radical (unpaired) electrons. The summed E-state index contributed by atoms with van der Waals surface area (Å²) in [5, 5.41) is 9.66. The second-order valence-corrected chi connectivity index (χ2v) is 6.12. The van der Waals surface area contributed by atoms with Crippen LogP contribution in [0, 0.1) is 5.41 Å². The van der Waals surface area contributed by atoms with E-state index in [2.05, 4.69) is 29.0 Å². The number of aliphatic carboxylic acids is 1. The van der Waals surface area contributed by atoms with Crippen molar-refractivity contribution >= 4 is 17.3 Å². The predicted octanol–water partition coefficient (Wildman–Crippen LogP) is 2.59. The Labute approximate surface area is 120 Å². The molecule has 20 heavy (non-hydrogen) atoms. The Kier molecular flexibility index (Phi) is 3.32. The number of hydrogen-bond donors (Lipinski definition) is 1. The van der Waals surface area contributed by atoms with E-state index >= 15 is 0 Å². The summed E-state index contributed by atoms with van der Waals surface area (Å²) in [7, 11) is 2.10. The lowest BCUT2D eigenvalue weighted by atomic mass is 9.85. The molecule has 1 aliphatic carbocycles. The maximum Gasteiger partial charge on any atom is 0.311 e. The highest BCUT2D eigenvalue weighted by Gasteiger charge is 2.43. The molecular formula is C16H22N2O2. The van der Waals surface area contributed by atoms with Crippen LogP contribution in [0.4, 0.5) is 11.4 Å². The van der Waals surface area contributed by atoms with Crippen LogP contribution in [0.25, 0.3) is 0 Å². The Bertz CT molecular complexity index is 509. The van der Waals surface area contributed by atoms with Crippen LogP contribution in [0.3, 0.4) is 0 Å². The molecule has 3 rings (SSSR count). The third-order valence-electron chi connectivity index (χ3n) is 4.85. The molecule has 0 aromatic heterocycles. The standard InChI is InChI=1S/C16H22N2O2/c1-17-10-11-18(14-7-3-2-6-13(14)17)12-16(15(19)20)8-4-5-9-16/h2-3,6-7H,4-5,8-12H2,1H3,(H,19,20). The number of fused-ring (bicyclic) bond motifs is 1. The number of nitrogens with zero attached hydrogens (tertiary/aromatic N) is 2. The molecular weight excluding hydrogens is 252 g/mol. The molecule has 1 saturated carbocycles. The normalized spacial score (nSPS) is 20.9. The summed E-state index contributed by atoms with van der Waals surface area (Å²) in [4.78, 5) is 16.3. The number of carbonyl (C=O) groups is 1. The Balaban J connectivity index is 1.88. The summed E-state index contributed by atoms with van der Waals surface area (Å²) in [6.45, 7) is 2.50. The Hall–Kier alpha value is -1.71. The largest absolute Gasteiger partial charge is 0.481 e. The lowest BCUT2D eigenvalue weighted by Crippen LogP contribution is -2.47. The fourth-order valence-corrected chi connectivity index (χ4v) is 3.59. The van der Waals surface area contributed by atoms with Gasteiger partial charge < -0.3 is 14.9 Å². The van der Waals surface area contributed by atoms with Gasteiger partial charge in [-0.3, -0.25) is 4.79 Å². The van der Waals surface area contributed by atoms with Crippen molar-refractivity contribution in [1.29, 1.82) is 0 Å². The van der Waals surface area contributed by atoms with Gasteiger partial charge in [-0.05, 0) is 25.0 Å². The molecule has 0 bridgehead atoms. The van der Waals surface area contributed by atoms with Crippen molar-refractivity contribution in [3.63, 3.8) is 0 Å². The smallest absolute Gasteiger partial charge is 0.311 e. The van der Waals surface area contributed by atoms with Gasteiger partial charge in [0.25, 0.3) is 0 Å². The fourth-order valence-electron chi connectivity index (χ4n) is 3.59. The molecule has 0 saturated heterocycles. The predicted molar refractivity (Wildman–Crippen MR) is 80.5 cm³/mol. The maximum atomic E-state index is 11.7. The van der Waals surface area contributed by atoms with Crippen molar-refractivity contribution in [2.24, 2.45) is 5.41 Å². The average molecular weight is 274 g/mol. The first-order chi connectivity index (χ1) is 9.62. The summed E-state index contributed by atoms with van der Waals surface area (Å²) < 4.78 is 0. The molecule has 1 aliphatic heterocycles. The van der Waals surface area contributed by atoms with Crippen molar-refractivity contribution in [2.75, 3.05) is 36.5 Å². The summed E-state index contributed by atoms with van der Waals surface area (Å²) in [5.41, 5.74) is 1.84. The van der Waals surface area contributed by atoms with Crippen LogP contribution in [0.1, 0.15) is 25.7 Å². The first-order valence-corrected chi connectivity index (χ1v) is 7.41. The molecule has 0 amide bonds. The Morgan fingerprint density at radius 1 is 1.20 bits per heavy atom. The van der Waals surface area contributed by atoms with Crippen LogP contribution in [0.2, 0.25) is 0 Å². The van der Waals surface area contributed by atoms with Crippen molar-refractivity contribution in [1.82, 2.24) is 0 Å². The fraction of sp³-hybridized carbons (Fsp3) is 0.562. The van der Waals surface area contributed by atoms with Crippen LogP contribution in [0.15, 0.2) is 24.3 Å². The van der Waals surface area contributed by atoms with Crippen molar-refractivity contribution in [3.8, 4) is 0 Å². The molecule has 1 heterocycles. The van der Waals surface area contributed by atoms with E-state index in [4.69, 9.17) is 0 Å². The van der Waals surface area contributed by atoms with E-state index in [-0.39, 0.29) is 0 Å². The van der Waals surface area contributed by atoms with Gasteiger partial charge in [0.1, 0.15) is 0 Å². The zero-order valence-corrected chi connectivity index (χ0v) is 12.0. The summed E-state index contributed by atoms with van der Waals surface area (Å²) >= 11 is 0. The average Bonchev–Trinajstić information content (AvgIpc) is 2.92. The molecule has 4 heteroatoms. The number of carboxylic acids is 1. The lowest BCUT2D eigenvalue weighted by Gasteiger charge is -2.40. The molecule has 0 atom stereocenters. The van der Waals surface area contributed by atoms with Crippen molar-refractivity contribution < 1.29 is 9.90 Å². The number of benzene rings is 1. The molecule has 1 fully saturated rings. The monoisotopic (exact) mass is 274 g/mol. The first kappa shape index (κ1) is 13.3. The number of rotatable bonds is 3. The van der Waals surface area contributed by atoms with E-state index in [0.717, 1.165) is 38.8 Å². The van der Waals surface area contributed by atoms with Gasteiger partial charge in [-0.15, -0.1) is 0 Å². The van der Waals surface area contributed by atoms with Crippen LogP contribution < -0.4 is 9.80 Å². The molecule has 4 nitrogen and oxygen atoms in total. The molecule has 2 aliphatic rings. The van der Waals surface area contributed by atoms with Crippen molar-refractivity contribution in [2.45, 2.75) is 25.7 Å². The lowest BCUT2D eigenvalue weighted by molar-refractivity contribution is -0.148. The van der Waals surface area contributed by atoms with E-state index in [1.54, 1.807) is 0 Å². The van der Waals surface area contributed by atoms with Gasteiger partial charge in [-0.1, -0.05) is 25.0 Å². The van der Waals surface area contributed by atoms with Gasteiger partial charge in [0.2, 0.25) is 0 Å². The molecule has 1 N–H and O–H groups in total. The molecule has 1 aromatic carbocycles. The Morgan fingerprint density at radius 2 is 1.85 bits per heavy atom. The molecule has 108 valence electrons. The zero-order chi connectivity index (χ0) is 14.2. The SMILES string of the molecule is CN1CCN(CC2(C(=O)O)CCCC2)c2ccccc21. The van der Waals surface area contributed by atoms with Crippen LogP contribution in [0.5, 0.6) is 0 Å². The van der Waals surface area contributed by atoms with E-state index in [1.807, 2.05) is 12.1 Å². The number of anilines is 2. The molecule has 1 aromatic rings. The minimum atomic E-state index is -0.619. The summed E-state index contributed by atoms with van der Waals surface area (Å²) in [5.74, 6) is -0.619. The minimum absolute atomic E-state index is 0.539. The highest BCUT2D eigenvalue weighted by atomic mass is 16.4. The first-order valence-electron chi connectivity index (χ1n) is 7.41. The van der Waals surface area contributed by atoms with Gasteiger partial charge >= 0.3 is 5.97 Å². The zero-order valence-electron chi connectivity index (χ0n) is 12.0. The topological polar surface area (TPSA) is 43.8 Å². The van der Waals surface area contributed by atoms with Gasteiger partial charge in [0, 0.05) is 26.7 Å². The second-order valence-electron chi connectivity index (χ2n) is 6.12. The van der Waals surface area contributed by atoms with Gasteiger partial charge in [0.05, 0.1) is 16.8 Å². The third-order valence-corrected chi connectivity index (χ3v) is 4.85. The van der Waals surface area contributed by atoms with E-state index < -0.39 is 11.4 Å². The van der Waals surface area contributed by atoms with Crippen LogP contribution in [-0.4, -0.2) is 37.8 Å². The summed E-state index contributed by atoms with van der Waals surface area (Å²) in [6.07, 6.45) is 3.72. The highest BCUT2D eigenvalue weighted by molar-refractivity contribution is 5.78. The van der Waals surface area contributed by atoms with Gasteiger partial charge in [-0.2, -0.15) is 0 Å². The second kappa shape index (κ2) is 5.00. The number of hydrogen-bond acceptors (Lipinski definition) is 3. The quantitative estimate of drug-likeness (QED) is 0.920. The van der Waals surface area contributed by atoms with E-state index in [9.17, 15) is 9.90 Å².